The molecule has 0 fully saturated rings. The molecule has 0 N–H and O–H groups in total. The van der Waals surface area contributed by atoms with E-state index in [1.165, 1.54) is 0 Å². The number of hydrogen-bond acceptors (Lipinski definition) is 5. The van der Waals surface area contributed by atoms with Crippen LogP contribution >= 0.6 is 0 Å². The molecular weight excluding hydrogens is 312 g/mol. The van der Waals surface area contributed by atoms with Gasteiger partial charge >= 0.3 is 0 Å². The topological polar surface area (TPSA) is 22.2 Å². The summed E-state index contributed by atoms with van der Waals surface area (Å²) < 4.78 is 6.54. The maximum absolute atomic E-state index is 6.54. The van der Waals surface area contributed by atoms with E-state index in [2.05, 4.69) is 104 Å². The maximum atomic E-state index is 6.54. The molecule has 0 rings (SSSR count). The minimum Gasteiger partial charge on any atom is -0.372 e. The number of likely N-dealkylation sites (N-methyl/N-ethyl adjacent to an activating group) is 2. The Labute approximate surface area is 158 Å². The third kappa shape index (κ3) is 8.83. The minimum absolute atomic E-state index is 0.199. The molecule has 5 nitrogen and oxygen atoms in total. The van der Waals surface area contributed by atoms with Crippen molar-refractivity contribution in [2.45, 2.75) is 76.9 Å². The zero-order valence-electron chi connectivity index (χ0n) is 19.1. The zero-order valence-corrected chi connectivity index (χ0v) is 19.1. The van der Waals surface area contributed by atoms with Gasteiger partial charge in [-0.2, -0.15) is 0 Å². The van der Waals surface area contributed by atoms with E-state index >= 15 is 0 Å². The molecule has 25 heavy (non-hydrogen) atoms. The van der Waals surface area contributed by atoms with Gasteiger partial charge < -0.3 is 24.3 Å². The molecule has 152 valence electrons. The lowest BCUT2D eigenvalue weighted by Gasteiger charge is -2.39. The third-order valence-corrected chi connectivity index (χ3v) is 5.77. The molecule has 5 heteroatoms. The van der Waals surface area contributed by atoms with Crippen LogP contribution in [-0.4, -0.2) is 112 Å². The SMILES string of the molecule is CC(OC(C)C(CC(C)N(C)C)N(C)C)C(CC(C)N(C)C)N(C)C. The Bertz CT molecular complexity index is 315. The summed E-state index contributed by atoms with van der Waals surface area (Å²) in [5.41, 5.74) is 0. The first-order chi connectivity index (χ1) is 11.4. The van der Waals surface area contributed by atoms with E-state index in [4.69, 9.17) is 4.74 Å². The lowest BCUT2D eigenvalue weighted by molar-refractivity contribution is -0.0709. The predicted octanol–water partition coefficient (Wildman–Crippen LogP) is 2.32. The summed E-state index contributed by atoms with van der Waals surface area (Å²) >= 11 is 0. The number of ether oxygens (including phenoxy) is 1. The van der Waals surface area contributed by atoms with Crippen molar-refractivity contribution in [2.24, 2.45) is 0 Å². The van der Waals surface area contributed by atoms with Crippen LogP contribution in [0.4, 0.5) is 0 Å². The van der Waals surface area contributed by atoms with E-state index < -0.39 is 0 Å². The van der Waals surface area contributed by atoms with Gasteiger partial charge in [0.05, 0.1) is 12.2 Å². The summed E-state index contributed by atoms with van der Waals surface area (Å²) in [6.45, 7) is 9.03. The summed E-state index contributed by atoms with van der Waals surface area (Å²) in [4.78, 5) is 9.19. The smallest absolute Gasteiger partial charge is 0.0706 e. The van der Waals surface area contributed by atoms with Crippen LogP contribution in [0.3, 0.4) is 0 Å². The summed E-state index contributed by atoms with van der Waals surface area (Å²) in [7, 11) is 17.2. The monoisotopic (exact) mass is 358 g/mol. The van der Waals surface area contributed by atoms with Crippen molar-refractivity contribution < 1.29 is 4.74 Å². The van der Waals surface area contributed by atoms with Gasteiger partial charge in [0.15, 0.2) is 0 Å². The highest BCUT2D eigenvalue weighted by Gasteiger charge is 2.29. The molecule has 0 aromatic rings. The molecule has 6 unspecified atom stereocenters. The Morgan fingerprint density at radius 1 is 0.520 bits per heavy atom. The number of rotatable bonds is 12. The highest BCUT2D eigenvalue weighted by molar-refractivity contribution is 4.83. The second-order valence-corrected chi connectivity index (χ2v) is 8.70. The van der Waals surface area contributed by atoms with Crippen LogP contribution < -0.4 is 0 Å². The van der Waals surface area contributed by atoms with E-state index in [0.29, 0.717) is 24.2 Å². The lowest BCUT2D eigenvalue weighted by atomic mass is 9.99. The molecule has 0 amide bonds. The van der Waals surface area contributed by atoms with Crippen molar-refractivity contribution in [2.75, 3.05) is 56.4 Å². The van der Waals surface area contributed by atoms with E-state index in [9.17, 15) is 0 Å². The molecule has 6 atom stereocenters. The van der Waals surface area contributed by atoms with Gasteiger partial charge in [0.25, 0.3) is 0 Å². The van der Waals surface area contributed by atoms with Gasteiger partial charge in [-0.15, -0.1) is 0 Å². The van der Waals surface area contributed by atoms with Crippen LogP contribution in [-0.2, 0) is 4.74 Å². The highest BCUT2D eigenvalue weighted by Crippen LogP contribution is 2.20. The predicted molar refractivity (Wildman–Crippen MR) is 110 cm³/mol. The largest absolute Gasteiger partial charge is 0.372 e. The first-order valence-electron chi connectivity index (χ1n) is 9.69. The van der Waals surface area contributed by atoms with Gasteiger partial charge in [0.1, 0.15) is 0 Å². The van der Waals surface area contributed by atoms with Gasteiger partial charge in [0.2, 0.25) is 0 Å². The maximum Gasteiger partial charge on any atom is 0.0706 e. The molecule has 0 aromatic heterocycles. The quantitative estimate of drug-likeness (QED) is 0.532. The fourth-order valence-electron chi connectivity index (χ4n) is 3.29. The molecule has 0 aliphatic rings. The zero-order chi connectivity index (χ0) is 19.9. The molecule has 0 heterocycles. The Kier molecular flexibility index (Phi) is 11.4. The number of nitrogens with zero attached hydrogens (tertiary/aromatic N) is 4. The first-order valence-corrected chi connectivity index (χ1v) is 9.69. The normalized spacial score (nSPS) is 20.2. The van der Waals surface area contributed by atoms with Gasteiger partial charge in [-0.1, -0.05) is 0 Å². The fraction of sp³-hybridized carbons (Fsp3) is 1.00. The summed E-state index contributed by atoms with van der Waals surface area (Å²) in [6.07, 6.45) is 2.61. The van der Waals surface area contributed by atoms with Crippen molar-refractivity contribution in [3.8, 4) is 0 Å². The van der Waals surface area contributed by atoms with E-state index in [-0.39, 0.29) is 12.2 Å². The Balaban J connectivity index is 4.96. The average Bonchev–Trinajstić information content (AvgIpc) is 2.47. The highest BCUT2D eigenvalue weighted by atomic mass is 16.5. The standard InChI is InChI=1S/C20H46N4O/c1-15(21(5)6)13-19(23(9)10)17(3)25-18(4)20(24(11)12)14-16(2)22(7)8/h15-20H,13-14H2,1-12H3. The van der Waals surface area contributed by atoms with Gasteiger partial charge in [0, 0.05) is 24.2 Å². The minimum atomic E-state index is 0.199. The fourth-order valence-corrected chi connectivity index (χ4v) is 3.29. The van der Waals surface area contributed by atoms with Gasteiger partial charge in [-0.3, -0.25) is 0 Å². The van der Waals surface area contributed by atoms with Crippen molar-refractivity contribution in [3.63, 3.8) is 0 Å². The van der Waals surface area contributed by atoms with Crippen LogP contribution in [0.15, 0.2) is 0 Å². The molecular formula is C20H46N4O. The first kappa shape index (κ1) is 24.8. The average molecular weight is 359 g/mol. The van der Waals surface area contributed by atoms with Crippen LogP contribution in [0, 0.1) is 0 Å². The number of hydrogen-bond donors (Lipinski definition) is 0. The Hall–Kier alpha value is -0.200. The van der Waals surface area contributed by atoms with Crippen molar-refractivity contribution in [3.05, 3.63) is 0 Å². The van der Waals surface area contributed by atoms with Crippen LogP contribution in [0.5, 0.6) is 0 Å². The van der Waals surface area contributed by atoms with Crippen molar-refractivity contribution >= 4 is 0 Å². The van der Waals surface area contributed by atoms with E-state index in [0.717, 1.165) is 12.8 Å². The van der Waals surface area contributed by atoms with Crippen LogP contribution in [0.2, 0.25) is 0 Å². The lowest BCUT2D eigenvalue weighted by Crippen LogP contribution is -2.48. The summed E-state index contributed by atoms with van der Waals surface area (Å²) in [5, 5.41) is 0. The molecule has 0 spiro atoms. The van der Waals surface area contributed by atoms with Crippen LogP contribution in [0.25, 0.3) is 0 Å². The van der Waals surface area contributed by atoms with Gasteiger partial charge in [-0.25, -0.2) is 0 Å². The molecule has 0 saturated carbocycles. The Morgan fingerprint density at radius 3 is 1.00 bits per heavy atom. The van der Waals surface area contributed by atoms with Crippen molar-refractivity contribution in [1.82, 2.24) is 19.6 Å². The third-order valence-electron chi connectivity index (χ3n) is 5.77. The molecule has 0 aliphatic carbocycles. The second kappa shape index (κ2) is 11.5. The molecule has 0 bridgehead atoms. The molecule has 0 aromatic carbocycles. The second-order valence-electron chi connectivity index (χ2n) is 8.70. The van der Waals surface area contributed by atoms with Crippen molar-refractivity contribution in [1.29, 1.82) is 0 Å². The van der Waals surface area contributed by atoms with Crippen LogP contribution in [0.1, 0.15) is 40.5 Å². The molecule has 0 aliphatic heterocycles. The molecule has 0 saturated heterocycles. The summed E-state index contributed by atoms with van der Waals surface area (Å²) in [5.74, 6) is 0. The molecule has 0 radical (unpaired) electrons. The van der Waals surface area contributed by atoms with Gasteiger partial charge in [-0.05, 0) is 96.9 Å². The Morgan fingerprint density at radius 2 is 0.800 bits per heavy atom. The van der Waals surface area contributed by atoms with E-state index in [1.54, 1.807) is 0 Å². The van der Waals surface area contributed by atoms with E-state index in [1.807, 2.05) is 0 Å². The summed E-state index contributed by atoms with van der Waals surface area (Å²) in [6, 6.07) is 1.89.